The summed E-state index contributed by atoms with van der Waals surface area (Å²) in [6, 6.07) is 10.8. The molecule has 0 unspecified atom stereocenters. The average Bonchev–Trinajstić information content (AvgIpc) is 2.39. The maximum atomic E-state index is 11.7. The summed E-state index contributed by atoms with van der Waals surface area (Å²) >= 11 is 5.87. The fraction of sp³-hybridized carbons (Fsp3) is 0.143. The molecule has 0 fully saturated rings. The van der Waals surface area contributed by atoms with E-state index in [2.05, 4.69) is 15.6 Å². The number of benzene rings is 1. The van der Waals surface area contributed by atoms with Gasteiger partial charge in [0.25, 0.3) is 0 Å². The molecule has 0 atom stereocenters. The second kappa shape index (κ2) is 6.20. The Morgan fingerprint density at radius 2 is 2.16 bits per heavy atom. The largest absolute Gasteiger partial charge is 0.334 e. The monoisotopic (exact) mass is 275 g/mol. The van der Waals surface area contributed by atoms with E-state index in [1.807, 2.05) is 37.3 Å². The van der Waals surface area contributed by atoms with E-state index in [-0.39, 0.29) is 6.03 Å². The zero-order chi connectivity index (χ0) is 13.7. The van der Waals surface area contributed by atoms with Crippen molar-refractivity contribution in [3.05, 3.63) is 58.7 Å². The molecule has 1 heterocycles. The summed E-state index contributed by atoms with van der Waals surface area (Å²) in [6.07, 6.45) is 1.64. The maximum absolute atomic E-state index is 11.7. The summed E-state index contributed by atoms with van der Waals surface area (Å²) in [6.45, 7) is 2.30. The molecular weight excluding hydrogens is 262 g/mol. The second-order valence-electron chi connectivity index (χ2n) is 4.11. The van der Waals surface area contributed by atoms with Crippen LogP contribution in [0.1, 0.15) is 11.1 Å². The van der Waals surface area contributed by atoms with Crippen LogP contribution in [0.3, 0.4) is 0 Å². The number of hydrogen-bond acceptors (Lipinski definition) is 2. The Labute approximate surface area is 116 Å². The molecule has 5 heteroatoms. The summed E-state index contributed by atoms with van der Waals surface area (Å²) in [7, 11) is 0. The van der Waals surface area contributed by atoms with Crippen molar-refractivity contribution in [1.82, 2.24) is 10.3 Å². The van der Waals surface area contributed by atoms with Crippen LogP contribution < -0.4 is 10.6 Å². The predicted molar refractivity (Wildman–Crippen MR) is 76.3 cm³/mol. The molecule has 19 heavy (non-hydrogen) atoms. The highest BCUT2D eigenvalue weighted by molar-refractivity contribution is 6.30. The topological polar surface area (TPSA) is 54.0 Å². The Morgan fingerprint density at radius 3 is 2.89 bits per heavy atom. The number of rotatable bonds is 3. The number of pyridine rings is 1. The molecule has 0 aliphatic heterocycles. The Morgan fingerprint density at radius 1 is 1.32 bits per heavy atom. The standard InChI is InChI=1S/C14H14ClN3O/c1-10-4-3-7-16-13(10)18-14(19)17-9-11-5-2-6-12(15)8-11/h2-8H,9H2,1H3,(H2,16,17,18,19). The van der Waals surface area contributed by atoms with Crippen LogP contribution in [0.4, 0.5) is 10.6 Å². The summed E-state index contributed by atoms with van der Waals surface area (Å²) in [4.78, 5) is 15.8. The highest BCUT2D eigenvalue weighted by Gasteiger charge is 2.04. The van der Waals surface area contributed by atoms with Gasteiger partial charge >= 0.3 is 6.03 Å². The molecule has 2 rings (SSSR count). The Hall–Kier alpha value is -2.07. The third-order valence-electron chi connectivity index (χ3n) is 2.58. The normalized spacial score (nSPS) is 10.0. The molecule has 2 amide bonds. The number of nitrogens with zero attached hydrogens (tertiary/aromatic N) is 1. The fourth-order valence-corrected chi connectivity index (χ4v) is 1.81. The zero-order valence-electron chi connectivity index (χ0n) is 10.5. The maximum Gasteiger partial charge on any atom is 0.320 e. The van der Waals surface area contributed by atoms with Gasteiger partial charge in [-0.15, -0.1) is 0 Å². The number of carbonyl (C=O) groups is 1. The number of anilines is 1. The highest BCUT2D eigenvalue weighted by Crippen LogP contribution is 2.11. The minimum Gasteiger partial charge on any atom is -0.334 e. The highest BCUT2D eigenvalue weighted by atomic mass is 35.5. The number of halogens is 1. The van der Waals surface area contributed by atoms with E-state index < -0.39 is 0 Å². The Kier molecular flexibility index (Phi) is 4.36. The van der Waals surface area contributed by atoms with Crippen molar-refractivity contribution in [2.24, 2.45) is 0 Å². The average molecular weight is 276 g/mol. The van der Waals surface area contributed by atoms with Gasteiger partial charge < -0.3 is 5.32 Å². The van der Waals surface area contributed by atoms with Crippen LogP contribution in [-0.4, -0.2) is 11.0 Å². The second-order valence-corrected chi connectivity index (χ2v) is 4.54. The van der Waals surface area contributed by atoms with Gasteiger partial charge in [0.05, 0.1) is 0 Å². The minimum atomic E-state index is -0.290. The smallest absolute Gasteiger partial charge is 0.320 e. The molecule has 0 aliphatic rings. The van der Waals surface area contributed by atoms with Crippen molar-refractivity contribution in [2.75, 3.05) is 5.32 Å². The van der Waals surface area contributed by atoms with E-state index in [0.717, 1.165) is 11.1 Å². The summed E-state index contributed by atoms with van der Waals surface area (Å²) in [5.41, 5.74) is 1.86. The first kappa shape index (κ1) is 13.4. The van der Waals surface area contributed by atoms with Crippen LogP contribution in [0, 0.1) is 6.92 Å². The number of urea groups is 1. The molecule has 0 radical (unpaired) electrons. The molecule has 1 aromatic carbocycles. The first-order valence-corrected chi connectivity index (χ1v) is 6.24. The van der Waals surface area contributed by atoms with Gasteiger partial charge in [-0.1, -0.05) is 29.8 Å². The fourth-order valence-electron chi connectivity index (χ4n) is 1.60. The minimum absolute atomic E-state index is 0.290. The van der Waals surface area contributed by atoms with E-state index in [1.54, 1.807) is 12.3 Å². The van der Waals surface area contributed by atoms with Gasteiger partial charge in [-0.25, -0.2) is 9.78 Å². The number of carbonyl (C=O) groups excluding carboxylic acids is 1. The molecule has 98 valence electrons. The van der Waals surface area contributed by atoms with Crippen molar-refractivity contribution in [1.29, 1.82) is 0 Å². The molecule has 0 saturated carbocycles. The molecule has 0 bridgehead atoms. The first-order valence-electron chi connectivity index (χ1n) is 5.86. The molecule has 2 aromatic rings. The van der Waals surface area contributed by atoms with Gasteiger partial charge in [-0.2, -0.15) is 0 Å². The molecule has 4 nitrogen and oxygen atoms in total. The van der Waals surface area contributed by atoms with Gasteiger partial charge in [0.1, 0.15) is 5.82 Å². The van der Waals surface area contributed by atoms with Gasteiger partial charge in [0.2, 0.25) is 0 Å². The predicted octanol–water partition coefficient (Wildman–Crippen LogP) is 3.37. The third-order valence-corrected chi connectivity index (χ3v) is 2.82. The molecule has 0 saturated heterocycles. The number of amides is 2. The van der Waals surface area contributed by atoms with Crippen molar-refractivity contribution >= 4 is 23.4 Å². The van der Waals surface area contributed by atoms with Crippen LogP contribution in [0.15, 0.2) is 42.6 Å². The third kappa shape index (κ3) is 3.96. The first-order chi connectivity index (χ1) is 9.15. The van der Waals surface area contributed by atoms with Gasteiger partial charge in [0, 0.05) is 17.8 Å². The molecule has 1 aromatic heterocycles. The molecule has 0 aliphatic carbocycles. The summed E-state index contributed by atoms with van der Waals surface area (Å²) < 4.78 is 0. The van der Waals surface area contributed by atoms with Crippen molar-refractivity contribution in [3.63, 3.8) is 0 Å². The molecular formula is C14H14ClN3O. The Bertz CT molecular complexity index is 586. The SMILES string of the molecule is Cc1cccnc1NC(=O)NCc1cccc(Cl)c1. The van der Waals surface area contributed by atoms with Crippen LogP contribution in [0.5, 0.6) is 0 Å². The van der Waals surface area contributed by atoms with Crippen molar-refractivity contribution in [3.8, 4) is 0 Å². The van der Waals surface area contributed by atoms with E-state index in [1.165, 1.54) is 0 Å². The lowest BCUT2D eigenvalue weighted by Crippen LogP contribution is -2.28. The number of nitrogens with one attached hydrogen (secondary N) is 2. The molecule has 0 spiro atoms. The lowest BCUT2D eigenvalue weighted by Gasteiger charge is -2.08. The summed E-state index contributed by atoms with van der Waals surface area (Å²) in [5, 5.41) is 6.11. The number of hydrogen-bond donors (Lipinski definition) is 2. The Balaban J connectivity index is 1.90. The quantitative estimate of drug-likeness (QED) is 0.902. The zero-order valence-corrected chi connectivity index (χ0v) is 11.2. The van der Waals surface area contributed by atoms with Gasteiger partial charge in [-0.3, -0.25) is 5.32 Å². The lowest BCUT2D eigenvalue weighted by atomic mass is 10.2. The summed E-state index contributed by atoms with van der Waals surface area (Å²) in [5.74, 6) is 0.561. The van der Waals surface area contributed by atoms with E-state index in [0.29, 0.717) is 17.4 Å². The lowest BCUT2D eigenvalue weighted by molar-refractivity contribution is 0.251. The van der Waals surface area contributed by atoms with Crippen molar-refractivity contribution in [2.45, 2.75) is 13.5 Å². The van der Waals surface area contributed by atoms with Crippen LogP contribution in [0.25, 0.3) is 0 Å². The van der Waals surface area contributed by atoms with E-state index in [4.69, 9.17) is 11.6 Å². The number of aryl methyl sites for hydroxylation is 1. The van der Waals surface area contributed by atoms with E-state index in [9.17, 15) is 4.79 Å². The van der Waals surface area contributed by atoms with Crippen molar-refractivity contribution < 1.29 is 4.79 Å². The van der Waals surface area contributed by atoms with Gasteiger partial charge in [-0.05, 0) is 36.2 Å². The molecule has 2 N–H and O–H groups in total. The van der Waals surface area contributed by atoms with Crippen LogP contribution in [0.2, 0.25) is 5.02 Å². The van der Waals surface area contributed by atoms with E-state index >= 15 is 0 Å². The van der Waals surface area contributed by atoms with Crippen LogP contribution >= 0.6 is 11.6 Å². The number of aromatic nitrogens is 1. The van der Waals surface area contributed by atoms with Gasteiger partial charge in [0.15, 0.2) is 0 Å². The van der Waals surface area contributed by atoms with Crippen LogP contribution in [-0.2, 0) is 6.54 Å².